The summed E-state index contributed by atoms with van der Waals surface area (Å²) in [4.78, 5) is 0. The first-order chi connectivity index (χ1) is 9.24. The van der Waals surface area contributed by atoms with Crippen LogP contribution in [-0.4, -0.2) is 11.7 Å². The summed E-state index contributed by atoms with van der Waals surface area (Å²) in [7, 11) is 0. The SMILES string of the molecule is CCCCCNC(C)c1ccc2ccccc2c1O. The van der Waals surface area contributed by atoms with E-state index in [2.05, 4.69) is 25.2 Å². The van der Waals surface area contributed by atoms with Crippen molar-refractivity contribution in [2.24, 2.45) is 0 Å². The Labute approximate surface area is 115 Å². The predicted octanol–water partition coefficient (Wildman–Crippen LogP) is 4.39. The number of aromatic hydroxyl groups is 1. The van der Waals surface area contributed by atoms with Gasteiger partial charge in [-0.25, -0.2) is 0 Å². The molecule has 0 bridgehead atoms. The zero-order valence-corrected chi connectivity index (χ0v) is 11.8. The number of hydrogen-bond donors (Lipinski definition) is 2. The van der Waals surface area contributed by atoms with Crippen molar-refractivity contribution >= 4 is 10.8 Å². The van der Waals surface area contributed by atoms with E-state index >= 15 is 0 Å². The van der Waals surface area contributed by atoms with Crippen LogP contribution in [0.25, 0.3) is 10.8 Å². The lowest BCUT2D eigenvalue weighted by molar-refractivity contribution is 0.456. The molecule has 0 aliphatic rings. The Morgan fingerprint density at radius 3 is 2.68 bits per heavy atom. The van der Waals surface area contributed by atoms with E-state index in [0.717, 1.165) is 22.9 Å². The van der Waals surface area contributed by atoms with Crippen molar-refractivity contribution in [3.8, 4) is 5.75 Å². The highest BCUT2D eigenvalue weighted by atomic mass is 16.3. The Hall–Kier alpha value is -1.54. The molecule has 2 aromatic rings. The average Bonchev–Trinajstić information content (AvgIpc) is 2.44. The molecule has 0 saturated heterocycles. The summed E-state index contributed by atoms with van der Waals surface area (Å²) in [5, 5.41) is 15.9. The highest BCUT2D eigenvalue weighted by Gasteiger charge is 2.11. The van der Waals surface area contributed by atoms with Crippen molar-refractivity contribution in [2.45, 2.75) is 39.2 Å². The predicted molar refractivity (Wildman–Crippen MR) is 81.6 cm³/mol. The topological polar surface area (TPSA) is 32.3 Å². The molecule has 0 amide bonds. The molecule has 2 nitrogen and oxygen atoms in total. The van der Waals surface area contributed by atoms with Crippen LogP contribution in [0.5, 0.6) is 5.75 Å². The minimum atomic E-state index is 0.182. The number of rotatable bonds is 6. The first-order valence-electron chi connectivity index (χ1n) is 7.18. The quantitative estimate of drug-likeness (QED) is 0.752. The van der Waals surface area contributed by atoms with E-state index in [1.54, 1.807) is 0 Å². The van der Waals surface area contributed by atoms with Gasteiger partial charge in [-0.15, -0.1) is 0 Å². The van der Waals surface area contributed by atoms with Crippen LogP contribution in [0.3, 0.4) is 0 Å². The molecular weight excluding hydrogens is 234 g/mol. The summed E-state index contributed by atoms with van der Waals surface area (Å²) in [5.41, 5.74) is 0.982. The second-order valence-electron chi connectivity index (χ2n) is 5.11. The molecule has 1 unspecified atom stereocenters. The molecular formula is C17H23NO. The number of unbranched alkanes of at least 4 members (excludes halogenated alkanes) is 2. The summed E-state index contributed by atoms with van der Waals surface area (Å²) < 4.78 is 0. The lowest BCUT2D eigenvalue weighted by Gasteiger charge is -2.16. The molecule has 19 heavy (non-hydrogen) atoms. The van der Waals surface area contributed by atoms with Gasteiger partial charge < -0.3 is 10.4 Å². The third-order valence-electron chi connectivity index (χ3n) is 3.63. The van der Waals surface area contributed by atoms with Crippen LogP contribution in [0.15, 0.2) is 36.4 Å². The lowest BCUT2D eigenvalue weighted by atomic mass is 10.0. The van der Waals surface area contributed by atoms with Crippen molar-refractivity contribution in [1.82, 2.24) is 5.32 Å². The van der Waals surface area contributed by atoms with Gasteiger partial charge in [0.2, 0.25) is 0 Å². The third-order valence-corrected chi connectivity index (χ3v) is 3.63. The Morgan fingerprint density at radius 1 is 1.11 bits per heavy atom. The molecule has 0 radical (unpaired) electrons. The van der Waals surface area contributed by atoms with Crippen LogP contribution in [-0.2, 0) is 0 Å². The fourth-order valence-corrected chi connectivity index (χ4v) is 2.42. The highest BCUT2D eigenvalue weighted by molar-refractivity contribution is 5.89. The fourth-order valence-electron chi connectivity index (χ4n) is 2.42. The molecule has 1 atom stereocenters. The van der Waals surface area contributed by atoms with Gasteiger partial charge in [-0.1, -0.05) is 56.2 Å². The Bertz CT molecular complexity index is 536. The van der Waals surface area contributed by atoms with Crippen LogP contribution >= 0.6 is 0 Å². The molecule has 2 N–H and O–H groups in total. The average molecular weight is 257 g/mol. The van der Waals surface area contributed by atoms with Crippen molar-refractivity contribution in [3.05, 3.63) is 42.0 Å². The van der Waals surface area contributed by atoms with E-state index in [4.69, 9.17) is 0 Å². The fraction of sp³-hybridized carbons (Fsp3) is 0.412. The van der Waals surface area contributed by atoms with Crippen LogP contribution in [0.4, 0.5) is 0 Å². The molecule has 102 valence electrons. The third kappa shape index (κ3) is 3.27. The molecule has 0 spiro atoms. The molecule has 2 heteroatoms. The van der Waals surface area contributed by atoms with Crippen LogP contribution in [0.2, 0.25) is 0 Å². The zero-order valence-electron chi connectivity index (χ0n) is 11.8. The first-order valence-corrected chi connectivity index (χ1v) is 7.18. The van der Waals surface area contributed by atoms with Crippen molar-refractivity contribution < 1.29 is 5.11 Å². The molecule has 0 saturated carbocycles. The molecule has 0 aliphatic carbocycles. The summed E-state index contributed by atoms with van der Waals surface area (Å²) in [6, 6.07) is 12.2. The van der Waals surface area contributed by atoms with Gasteiger partial charge in [0.05, 0.1) is 0 Å². The maximum atomic E-state index is 10.4. The lowest BCUT2D eigenvalue weighted by Crippen LogP contribution is -2.19. The van der Waals surface area contributed by atoms with E-state index in [1.165, 1.54) is 19.3 Å². The van der Waals surface area contributed by atoms with Gasteiger partial charge >= 0.3 is 0 Å². The first kappa shape index (κ1) is 13.9. The van der Waals surface area contributed by atoms with Gasteiger partial charge in [0.15, 0.2) is 0 Å². The van der Waals surface area contributed by atoms with Gasteiger partial charge in [-0.3, -0.25) is 0 Å². The smallest absolute Gasteiger partial charge is 0.128 e. The van der Waals surface area contributed by atoms with E-state index < -0.39 is 0 Å². The van der Waals surface area contributed by atoms with Gasteiger partial charge in [-0.2, -0.15) is 0 Å². The molecule has 2 rings (SSSR count). The number of fused-ring (bicyclic) bond motifs is 1. The molecule has 2 aromatic carbocycles. The minimum absolute atomic E-state index is 0.182. The Balaban J connectivity index is 2.13. The normalized spacial score (nSPS) is 12.7. The standard InChI is InChI=1S/C17H23NO/c1-3-4-7-12-18-13(2)15-11-10-14-8-5-6-9-16(14)17(15)19/h5-6,8-11,13,18-19H,3-4,7,12H2,1-2H3. The molecule has 0 aliphatic heterocycles. The Kier molecular flexibility index (Phi) is 4.80. The van der Waals surface area contributed by atoms with Crippen LogP contribution in [0.1, 0.15) is 44.7 Å². The Morgan fingerprint density at radius 2 is 1.89 bits per heavy atom. The van der Waals surface area contributed by atoms with E-state index in [0.29, 0.717) is 5.75 Å². The van der Waals surface area contributed by atoms with Gasteiger partial charge in [-0.05, 0) is 25.3 Å². The van der Waals surface area contributed by atoms with E-state index in [1.807, 2.05) is 30.3 Å². The van der Waals surface area contributed by atoms with Gasteiger partial charge in [0.1, 0.15) is 5.75 Å². The van der Waals surface area contributed by atoms with E-state index in [9.17, 15) is 5.11 Å². The summed E-state index contributed by atoms with van der Waals surface area (Å²) in [6.07, 6.45) is 3.68. The van der Waals surface area contributed by atoms with Crippen molar-refractivity contribution in [2.75, 3.05) is 6.54 Å². The van der Waals surface area contributed by atoms with Gasteiger partial charge in [0.25, 0.3) is 0 Å². The second kappa shape index (κ2) is 6.58. The van der Waals surface area contributed by atoms with Crippen molar-refractivity contribution in [3.63, 3.8) is 0 Å². The second-order valence-corrected chi connectivity index (χ2v) is 5.11. The number of phenolic OH excluding ortho intramolecular Hbond substituents is 1. The van der Waals surface area contributed by atoms with E-state index in [-0.39, 0.29) is 6.04 Å². The maximum Gasteiger partial charge on any atom is 0.128 e. The maximum absolute atomic E-state index is 10.4. The summed E-state index contributed by atoms with van der Waals surface area (Å²) >= 11 is 0. The summed E-state index contributed by atoms with van der Waals surface area (Å²) in [5.74, 6) is 0.411. The number of phenols is 1. The highest BCUT2D eigenvalue weighted by Crippen LogP contribution is 2.32. The zero-order chi connectivity index (χ0) is 13.7. The number of benzene rings is 2. The largest absolute Gasteiger partial charge is 0.507 e. The monoisotopic (exact) mass is 257 g/mol. The van der Waals surface area contributed by atoms with Gasteiger partial charge in [0, 0.05) is 17.0 Å². The van der Waals surface area contributed by atoms with Crippen LogP contribution in [0, 0.1) is 0 Å². The number of hydrogen-bond acceptors (Lipinski definition) is 2. The molecule has 0 heterocycles. The van der Waals surface area contributed by atoms with Crippen molar-refractivity contribution in [1.29, 1.82) is 0 Å². The molecule has 0 aromatic heterocycles. The van der Waals surface area contributed by atoms with Crippen LogP contribution < -0.4 is 5.32 Å². The number of nitrogens with one attached hydrogen (secondary N) is 1. The minimum Gasteiger partial charge on any atom is -0.507 e. The summed E-state index contributed by atoms with van der Waals surface area (Å²) in [6.45, 7) is 5.32. The molecule has 0 fully saturated rings.